The highest BCUT2D eigenvalue weighted by Gasteiger charge is 2.34. The minimum absolute atomic E-state index is 0.0433. The first-order valence-electron chi connectivity index (χ1n) is 7.89. The van der Waals surface area contributed by atoms with Crippen LogP contribution in [0.15, 0.2) is 58.6 Å². The van der Waals surface area contributed by atoms with Gasteiger partial charge in [0.2, 0.25) is 0 Å². The Hall–Kier alpha value is -2.93. The molecular formula is C19H15BrN2O4. The Balaban J connectivity index is 1.82. The predicted octanol–water partition coefficient (Wildman–Crippen LogP) is 3.09. The SMILES string of the molecule is CCOC(=O)c1ccc(N2NC(=O)/C(=C\c3ccc(Br)cc3)C2=O)cc1. The van der Waals surface area contributed by atoms with Gasteiger partial charge in [-0.25, -0.2) is 9.80 Å². The van der Waals surface area contributed by atoms with E-state index in [9.17, 15) is 14.4 Å². The Morgan fingerprint density at radius 1 is 1.12 bits per heavy atom. The molecule has 0 atom stereocenters. The molecular weight excluding hydrogens is 400 g/mol. The van der Waals surface area contributed by atoms with Crippen LogP contribution in [0.4, 0.5) is 5.69 Å². The Morgan fingerprint density at radius 2 is 1.77 bits per heavy atom. The summed E-state index contributed by atoms with van der Waals surface area (Å²) in [6.45, 7) is 2.01. The number of carbonyl (C=O) groups excluding carboxylic acids is 3. The number of hydrogen-bond donors (Lipinski definition) is 1. The normalized spacial score (nSPS) is 15.3. The van der Waals surface area contributed by atoms with Crippen molar-refractivity contribution in [2.24, 2.45) is 0 Å². The number of esters is 1. The van der Waals surface area contributed by atoms with Crippen molar-refractivity contribution in [2.75, 3.05) is 11.6 Å². The van der Waals surface area contributed by atoms with E-state index in [1.165, 1.54) is 6.08 Å². The fraction of sp³-hybridized carbons (Fsp3) is 0.105. The molecule has 0 unspecified atom stereocenters. The summed E-state index contributed by atoms with van der Waals surface area (Å²) >= 11 is 3.34. The molecule has 1 heterocycles. The standard InChI is InChI=1S/C19H15BrN2O4/c1-2-26-19(25)13-5-9-15(10-6-13)22-18(24)16(17(23)21-22)11-12-3-7-14(20)8-4-12/h3-11H,2H2,1H3,(H,21,23)/b16-11+. The van der Waals surface area contributed by atoms with Crippen LogP contribution in [0.25, 0.3) is 6.08 Å². The molecule has 2 amide bonds. The van der Waals surface area contributed by atoms with Crippen LogP contribution in [-0.4, -0.2) is 24.4 Å². The summed E-state index contributed by atoms with van der Waals surface area (Å²) < 4.78 is 5.83. The van der Waals surface area contributed by atoms with Crippen LogP contribution in [0, 0.1) is 0 Å². The summed E-state index contributed by atoms with van der Waals surface area (Å²) in [5.74, 6) is -1.37. The summed E-state index contributed by atoms with van der Waals surface area (Å²) in [5.41, 5.74) is 4.14. The van der Waals surface area contributed by atoms with Crippen molar-refractivity contribution in [1.82, 2.24) is 5.43 Å². The van der Waals surface area contributed by atoms with Crippen molar-refractivity contribution in [3.8, 4) is 0 Å². The number of nitrogens with zero attached hydrogens (tertiary/aromatic N) is 1. The second-order valence-corrected chi connectivity index (χ2v) is 6.37. The number of rotatable bonds is 4. The molecule has 0 aromatic heterocycles. The molecule has 1 fully saturated rings. The average Bonchev–Trinajstić information content (AvgIpc) is 2.92. The highest BCUT2D eigenvalue weighted by atomic mass is 79.9. The summed E-state index contributed by atoms with van der Waals surface area (Å²) in [6, 6.07) is 13.5. The summed E-state index contributed by atoms with van der Waals surface area (Å²) in [5, 5.41) is 1.15. The molecule has 1 saturated heterocycles. The Bertz CT molecular complexity index is 889. The number of benzene rings is 2. The maximum absolute atomic E-state index is 12.6. The lowest BCUT2D eigenvalue weighted by Gasteiger charge is -2.14. The minimum atomic E-state index is -0.479. The molecule has 0 aliphatic carbocycles. The zero-order valence-corrected chi connectivity index (χ0v) is 15.4. The summed E-state index contributed by atoms with van der Waals surface area (Å²) in [7, 11) is 0. The maximum atomic E-state index is 12.6. The van der Waals surface area contributed by atoms with Gasteiger partial charge in [-0.1, -0.05) is 28.1 Å². The van der Waals surface area contributed by atoms with Gasteiger partial charge in [-0.15, -0.1) is 0 Å². The molecule has 0 radical (unpaired) electrons. The van der Waals surface area contributed by atoms with E-state index in [4.69, 9.17) is 4.74 Å². The molecule has 7 heteroatoms. The average molecular weight is 415 g/mol. The van der Waals surface area contributed by atoms with Gasteiger partial charge in [-0.2, -0.15) is 0 Å². The minimum Gasteiger partial charge on any atom is -0.462 e. The molecule has 0 saturated carbocycles. The third-order valence-electron chi connectivity index (χ3n) is 3.71. The summed E-state index contributed by atoms with van der Waals surface area (Å²) in [4.78, 5) is 36.4. The lowest BCUT2D eigenvalue weighted by Crippen LogP contribution is -2.35. The number of anilines is 1. The molecule has 26 heavy (non-hydrogen) atoms. The second kappa shape index (κ2) is 7.53. The number of nitrogens with one attached hydrogen (secondary N) is 1. The van der Waals surface area contributed by atoms with Crippen LogP contribution in [0.2, 0.25) is 0 Å². The van der Waals surface area contributed by atoms with E-state index in [0.717, 1.165) is 15.0 Å². The molecule has 0 bridgehead atoms. The van der Waals surface area contributed by atoms with E-state index in [-0.39, 0.29) is 12.2 Å². The first-order chi connectivity index (χ1) is 12.5. The van der Waals surface area contributed by atoms with E-state index in [2.05, 4.69) is 21.4 Å². The second-order valence-electron chi connectivity index (χ2n) is 5.46. The van der Waals surface area contributed by atoms with Crippen molar-refractivity contribution in [2.45, 2.75) is 6.92 Å². The highest BCUT2D eigenvalue weighted by Crippen LogP contribution is 2.22. The van der Waals surface area contributed by atoms with Crippen molar-refractivity contribution in [3.63, 3.8) is 0 Å². The van der Waals surface area contributed by atoms with Crippen LogP contribution in [-0.2, 0) is 14.3 Å². The molecule has 2 aromatic rings. The smallest absolute Gasteiger partial charge is 0.338 e. The van der Waals surface area contributed by atoms with Gasteiger partial charge in [-0.3, -0.25) is 15.0 Å². The molecule has 0 spiro atoms. The first kappa shape index (κ1) is 17.9. The van der Waals surface area contributed by atoms with Gasteiger partial charge >= 0.3 is 5.97 Å². The van der Waals surface area contributed by atoms with Gasteiger partial charge in [0.05, 0.1) is 17.9 Å². The monoisotopic (exact) mass is 414 g/mol. The van der Waals surface area contributed by atoms with Crippen LogP contribution in [0.3, 0.4) is 0 Å². The van der Waals surface area contributed by atoms with Crippen molar-refractivity contribution in [3.05, 3.63) is 69.7 Å². The molecule has 1 aliphatic rings. The molecule has 1 aliphatic heterocycles. The van der Waals surface area contributed by atoms with Crippen LogP contribution >= 0.6 is 15.9 Å². The predicted molar refractivity (Wildman–Crippen MR) is 100 cm³/mol. The van der Waals surface area contributed by atoms with Gasteiger partial charge in [0, 0.05) is 4.47 Å². The zero-order chi connectivity index (χ0) is 18.7. The van der Waals surface area contributed by atoms with Gasteiger partial charge in [0.1, 0.15) is 5.57 Å². The van der Waals surface area contributed by atoms with Gasteiger partial charge < -0.3 is 4.74 Å². The van der Waals surface area contributed by atoms with E-state index < -0.39 is 17.8 Å². The number of halogens is 1. The molecule has 2 aromatic carbocycles. The lowest BCUT2D eigenvalue weighted by atomic mass is 10.1. The first-order valence-corrected chi connectivity index (χ1v) is 8.69. The van der Waals surface area contributed by atoms with Crippen LogP contribution in [0.1, 0.15) is 22.8 Å². The van der Waals surface area contributed by atoms with Gasteiger partial charge in [-0.05, 0) is 55.0 Å². The molecule has 6 nitrogen and oxygen atoms in total. The Morgan fingerprint density at radius 3 is 2.38 bits per heavy atom. The van der Waals surface area contributed by atoms with E-state index in [0.29, 0.717) is 11.3 Å². The lowest BCUT2D eigenvalue weighted by molar-refractivity contribution is -0.117. The Kier molecular flexibility index (Phi) is 5.18. The maximum Gasteiger partial charge on any atom is 0.338 e. The van der Waals surface area contributed by atoms with E-state index in [1.807, 2.05) is 12.1 Å². The fourth-order valence-electron chi connectivity index (χ4n) is 2.43. The highest BCUT2D eigenvalue weighted by molar-refractivity contribution is 9.10. The fourth-order valence-corrected chi connectivity index (χ4v) is 2.69. The Labute approximate surface area is 158 Å². The zero-order valence-electron chi connectivity index (χ0n) is 13.9. The number of hydrogen-bond acceptors (Lipinski definition) is 4. The van der Waals surface area contributed by atoms with E-state index >= 15 is 0 Å². The largest absolute Gasteiger partial charge is 0.462 e. The quantitative estimate of drug-likeness (QED) is 0.473. The molecule has 132 valence electrons. The van der Waals surface area contributed by atoms with Crippen molar-refractivity contribution >= 4 is 45.5 Å². The van der Waals surface area contributed by atoms with Gasteiger partial charge in [0.25, 0.3) is 11.8 Å². The van der Waals surface area contributed by atoms with Crippen molar-refractivity contribution < 1.29 is 19.1 Å². The molecule has 3 rings (SSSR count). The van der Waals surface area contributed by atoms with Crippen LogP contribution in [0.5, 0.6) is 0 Å². The van der Waals surface area contributed by atoms with Crippen molar-refractivity contribution in [1.29, 1.82) is 0 Å². The summed E-state index contributed by atoms with van der Waals surface area (Å²) in [6.07, 6.45) is 1.54. The third kappa shape index (κ3) is 3.67. The van der Waals surface area contributed by atoms with Crippen LogP contribution < -0.4 is 10.4 Å². The third-order valence-corrected chi connectivity index (χ3v) is 4.24. The van der Waals surface area contributed by atoms with Gasteiger partial charge in [0.15, 0.2) is 0 Å². The number of hydrazine groups is 1. The topological polar surface area (TPSA) is 75.7 Å². The number of carbonyl (C=O) groups is 3. The van der Waals surface area contributed by atoms with E-state index in [1.54, 1.807) is 43.3 Å². The molecule has 1 N–H and O–H groups in total. The number of amides is 2. The number of ether oxygens (including phenoxy) is 1.